The van der Waals surface area contributed by atoms with Gasteiger partial charge >= 0.3 is 5.97 Å². The lowest BCUT2D eigenvalue weighted by Gasteiger charge is -2.13. The Hall–Kier alpha value is -2.11. The van der Waals surface area contributed by atoms with Crippen LogP contribution >= 0.6 is 0 Å². The van der Waals surface area contributed by atoms with Crippen LogP contribution in [0.25, 0.3) is 0 Å². The van der Waals surface area contributed by atoms with Crippen molar-refractivity contribution in [3.63, 3.8) is 0 Å². The van der Waals surface area contributed by atoms with Crippen molar-refractivity contribution in [1.82, 2.24) is 4.98 Å². The standard InChI is InChI=1S/C11H15N3O3/c1-7(2-5-10(15)16)14-9-4-3-8(6-13-9)11(12)17/h3-4,6-7H,2,5H2,1H3,(H2,12,17)(H,13,14)(H,15,16). The van der Waals surface area contributed by atoms with Crippen LogP contribution in [0.2, 0.25) is 0 Å². The van der Waals surface area contributed by atoms with Crippen molar-refractivity contribution in [1.29, 1.82) is 0 Å². The molecule has 1 amide bonds. The normalized spacial score (nSPS) is 11.8. The molecular formula is C11H15N3O3. The Labute approximate surface area is 98.8 Å². The van der Waals surface area contributed by atoms with E-state index < -0.39 is 11.9 Å². The molecule has 1 heterocycles. The second-order valence-electron chi connectivity index (χ2n) is 3.77. The number of carboxylic acids is 1. The summed E-state index contributed by atoms with van der Waals surface area (Å²) in [6.07, 6.45) is 2.00. The lowest BCUT2D eigenvalue weighted by Crippen LogP contribution is -2.18. The van der Waals surface area contributed by atoms with Gasteiger partial charge in [-0.3, -0.25) is 9.59 Å². The van der Waals surface area contributed by atoms with Crippen molar-refractivity contribution in [2.75, 3.05) is 5.32 Å². The number of anilines is 1. The first-order valence-corrected chi connectivity index (χ1v) is 5.23. The highest BCUT2D eigenvalue weighted by Crippen LogP contribution is 2.08. The molecule has 0 fully saturated rings. The molecule has 4 N–H and O–H groups in total. The number of aromatic nitrogens is 1. The highest BCUT2D eigenvalue weighted by molar-refractivity contribution is 5.92. The van der Waals surface area contributed by atoms with E-state index in [0.717, 1.165) is 0 Å². The van der Waals surface area contributed by atoms with Gasteiger partial charge in [-0.1, -0.05) is 0 Å². The van der Waals surface area contributed by atoms with E-state index in [4.69, 9.17) is 10.8 Å². The van der Waals surface area contributed by atoms with Gasteiger partial charge in [-0.15, -0.1) is 0 Å². The van der Waals surface area contributed by atoms with Gasteiger partial charge in [0.15, 0.2) is 0 Å². The molecular weight excluding hydrogens is 222 g/mol. The highest BCUT2D eigenvalue weighted by Gasteiger charge is 2.06. The molecule has 0 radical (unpaired) electrons. The van der Waals surface area contributed by atoms with Gasteiger partial charge in [0.25, 0.3) is 0 Å². The van der Waals surface area contributed by atoms with Gasteiger partial charge < -0.3 is 16.2 Å². The molecule has 6 nitrogen and oxygen atoms in total. The summed E-state index contributed by atoms with van der Waals surface area (Å²) in [4.78, 5) is 25.2. The molecule has 1 unspecified atom stereocenters. The number of carbonyl (C=O) groups excluding carboxylic acids is 1. The average molecular weight is 237 g/mol. The van der Waals surface area contributed by atoms with E-state index in [0.29, 0.717) is 17.8 Å². The third kappa shape index (κ3) is 4.50. The van der Waals surface area contributed by atoms with Gasteiger partial charge in [-0.05, 0) is 25.5 Å². The fourth-order valence-electron chi connectivity index (χ4n) is 1.29. The van der Waals surface area contributed by atoms with E-state index in [2.05, 4.69) is 10.3 Å². The Morgan fingerprint density at radius 2 is 2.24 bits per heavy atom. The molecule has 1 aromatic heterocycles. The predicted molar refractivity (Wildman–Crippen MR) is 62.7 cm³/mol. The lowest BCUT2D eigenvalue weighted by atomic mass is 10.2. The third-order valence-corrected chi connectivity index (χ3v) is 2.23. The molecule has 0 aromatic carbocycles. The van der Waals surface area contributed by atoms with E-state index in [9.17, 15) is 9.59 Å². The van der Waals surface area contributed by atoms with Gasteiger partial charge in [0.05, 0.1) is 5.56 Å². The number of nitrogens with two attached hydrogens (primary N) is 1. The van der Waals surface area contributed by atoms with Crippen molar-refractivity contribution < 1.29 is 14.7 Å². The summed E-state index contributed by atoms with van der Waals surface area (Å²) in [7, 11) is 0. The Morgan fingerprint density at radius 1 is 1.53 bits per heavy atom. The largest absolute Gasteiger partial charge is 0.481 e. The van der Waals surface area contributed by atoms with Gasteiger partial charge in [-0.25, -0.2) is 4.98 Å². The van der Waals surface area contributed by atoms with Crippen molar-refractivity contribution in [3.8, 4) is 0 Å². The summed E-state index contributed by atoms with van der Waals surface area (Å²) < 4.78 is 0. The summed E-state index contributed by atoms with van der Waals surface area (Å²) in [5, 5.41) is 11.6. The Kier molecular flexibility index (Phi) is 4.45. The molecule has 0 bridgehead atoms. The summed E-state index contributed by atoms with van der Waals surface area (Å²) in [6, 6.07) is 3.21. The minimum Gasteiger partial charge on any atom is -0.481 e. The number of carbonyl (C=O) groups is 2. The fraction of sp³-hybridized carbons (Fsp3) is 0.364. The van der Waals surface area contributed by atoms with Crippen LogP contribution < -0.4 is 11.1 Å². The van der Waals surface area contributed by atoms with Crippen LogP contribution in [-0.4, -0.2) is 28.0 Å². The SMILES string of the molecule is CC(CCC(=O)O)Nc1ccc(C(N)=O)cn1. The van der Waals surface area contributed by atoms with Crippen LogP contribution in [0.15, 0.2) is 18.3 Å². The number of aliphatic carboxylic acids is 1. The second-order valence-corrected chi connectivity index (χ2v) is 3.77. The molecule has 1 rings (SSSR count). The molecule has 17 heavy (non-hydrogen) atoms. The molecule has 0 saturated carbocycles. The van der Waals surface area contributed by atoms with Crippen LogP contribution in [0.3, 0.4) is 0 Å². The van der Waals surface area contributed by atoms with Crippen LogP contribution in [0.4, 0.5) is 5.82 Å². The van der Waals surface area contributed by atoms with Crippen LogP contribution in [-0.2, 0) is 4.79 Å². The molecule has 0 saturated heterocycles. The molecule has 0 spiro atoms. The molecule has 92 valence electrons. The monoisotopic (exact) mass is 237 g/mol. The van der Waals surface area contributed by atoms with E-state index in [1.54, 1.807) is 12.1 Å². The molecule has 1 atom stereocenters. The average Bonchev–Trinajstić information content (AvgIpc) is 2.27. The van der Waals surface area contributed by atoms with E-state index in [1.807, 2.05) is 6.92 Å². The van der Waals surface area contributed by atoms with Crippen LogP contribution in [0, 0.1) is 0 Å². The van der Waals surface area contributed by atoms with Gasteiger partial charge in [0.2, 0.25) is 5.91 Å². The molecule has 0 aliphatic rings. The predicted octanol–water partition coefficient (Wildman–Crippen LogP) is 0.846. The number of amides is 1. The van der Waals surface area contributed by atoms with Crippen LogP contribution in [0.5, 0.6) is 0 Å². The van der Waals surface area contributed by atoms with Gasteiger partial charge in [0.1, 0.15) is 5.82 Å². The number of hydrogen-bond acceptors (Lipinski definition) is 4. The first kappa shape index (κ1) is 13.0. The summed E-state index contributed by atoms with van der Waals surface area (Å²) in [5.41, 5.74) is 5.42. The zero-order chi connectivity index (χ0) is 12.8. The number of carboxylic acid groups (broad SMARTS) is 1. The minimum atomic E-state index is -0.823. The number of primary amides is 1. The summed E-state index contributed by atoms with van der Waals surface area (Å²) in [6.45, 7) is 1.87. The first-order valence-electron chi connectivity index (χ1n) is 5.23. The Morgan fingerprint density at radius 3 is 2.71 bits per heavy atom. The summed E-state index contributed by atoms with van der Waals surface area (Å²) in [5.74, 6) is -0.758. The van der Waals surface area contributed by atoms with Gasteiger partial charge in [0, 0.05) is 18.7 Å². The maximum absolute atomic E-state index is 10.8. The highest BCUT2D eigenvalue weighted by atomic mass is 16.4. The zero-order valence-electron chi connectivity index (χ0n) is 9.51. The van der Waals surface area contributed by atoms with Crippen molar-refractivity contribution in [2.45, 2.75) is 25.8 Å². The topological polar surface area (TPSA) is 105 Å². The van der Waals surface area contributed by atoms with E-state index >= 15 is 0 Å². The smallest absolute Gasteiger partial charge is 0.303 e. The zero-order valence-corrected chi connectivity index (χ0v) is 9.51. The molecule has 6 heteroatoms. The number of nitrogens with one attached hydrogen (secondary N) is 1. The number of pyridine rings is 1. The lowest BCUT2D eigenvalue weighted by molar-refractivity contribution is -0.137. The van der Waals surface area contributed by atoms with Crippen molar-refractivity contribution in [3.05, 3.63) is 23.9 Å². The van der Waals surface area contributed by atoms with E-state index in [-0.39, 0.29) is 12.5 Å². The second kappa shape index (κ2) is 5.83. The third-order valence-electron chi connectivity index (χ3n) is 2.23. The van der Waals surface area contributed by atoms with Crippen LogP contribution in [0.1, 0.15) is 30.1 Å². The maximum atomic E-state index is 10.8. The fourth-order valence-corrected chi connectivity index (χ4v) is 1.29. The maximum Gasteiger partial charge on any atom is 0.303 e. The van der Waals surface area contributed by atoms with Crippen molar-refractivity contribution in [2.24, 2.45) is 5.73 Å². The van der Waals surface area contributed by atoms with Crippen molar-refractivity contribution >= 4 is 17.7 Å². The quantitative estimate of drug-likeness (QED) is 0.680. The number of rotatable bonds is 6. The number of hydrogen-bond donors (Lipinski definition) is 3. The molecule has 1 aromatic rings. The minimum absolute atomic E-state index is 0.00183. The molecule has 0 aliphatic carbocycles. The number of nitrogens with zero attached hydrogens (tertiary/aromatic N) is 1. The molecule has 0 aliphatic heterocycles. The van der Waals surface area contributed by atoms with E-state index in [1.165, 1.54) is 6.20 Å². The first-order chi connectivity index (χ1) is 7.99. The summed E-state index contributed by atoms with van der Waals surface area (Å²) >= 11 is 0. The Bertz CT molecular complexity index is 403. The Balaban J connectivity index is 2.51. The van der Waals surface area contributed by atoms with Gasteiger partial charge in [-0.2, -0.15) is 0 Å².